The van der Waals surface area contributed by atoms with Crippen molar-refractivity contribution >= 4 is 16.6 Å². The fraction of sp³-hybridized carbons (Fsp3) is 0.438. The van der Waals surface area contributed by atoms with Crippen molar-refractivity contribution in [3.63, 3.8) is 0 Å². The number of benzene rings is 1. The van der Waals surface area contributed by atoms with Crippen LogP contribution in [-0.4, -0.2) is 24.6 Å². The van der Waals surface area contributed by atoms with Crippen LogP contribution in [0.15, 0.2) is 30.3 Å². The Bertz CT molecular complexity index is 537. The summed E-state index contributed by atoms with van der Waals surface area (Å²) in [5.74, 6) is 0. The highest BCUT2D eigenvalue weighted by molar-refractivity contribution is 5.91. The maximum atomic E-state index is 5.76. The predicted octanol–water partition coefficient (Wildman–Crippen LogP) is 3.11. The Morgan fingerprint density at radius 1 is 1.21 bits per heavy atom. The third-order valence-corrected chi connectivity index (χ3v) is 3.34. The van der Waals surface area contributed by atoms with E-state index in [1.54, 1.807) is 0 Å². The van der Waals surface area contributed by atoms with E-state index in [1.165, 1.54) is 23.9 Å². The molecule has 0 bridgehead atoms. The monoisotopic (exact) mass is 257 g/mol. The molecular weight excluding hydrogens is 234 g/mol. The van der Waals surface area contributed by atoms with Crippen LogP contribution in [-0.2, 0) is 0 Å². The molecule has 0 amide bonds. The van der Waals surface area contributed by atoms with E-state index < -0.39 is 0 Å². The van der Waals surface area contributed by atoms with E-state index in [9.17, 15) is 0 Å². The summed E-state index contributed by atoms with van der Waals surface area (Å²) in [6.45, 7) is 6.90. The van der Waals surface area contributed by atoms with Gasteiger partial charge < -0.3 is 10.6 Å². The predicted molar refractivity (Wildman–Crippen MR) is 82.7 cm³/mol. The number of anilines is 1. The molecule has 0 atom stereocenters. The molecule has 2 N–H and O–H groups in total. The van der Waals surface area contributed by atoms with Gasteiger partial charge in [-0.2, -0.15) is 0 Å². The highest BCUT2D eigenvalue weighted by Gasteiger charge is 2.10. The molecule has 2 rings (SSSR count). The minimum atomic E-state index is 0.680. The summed E-state index contributed by atoms with van der Waals surface area (Å²) in [5, 5.41) is 1.22. The molecule has 102 valence electrons. The second-order valence-corrected chi connectivity index (χ2v) is 4.93. The van der Waals surface area contributed by atoms with E-state index in [2.05, 4.69) is 48.0 Å². The van der Waals surface area contributed by atoms with Crippen LogP contribution in [0.1, 0.15) is 25.5 Å². The Morgan fingerprint density at radius 2 is 2.00 bits per heavy atom. The van der Waals surface area contributed by atoms with Crippen molar-refractivity contribution in [3.05, 3.63) is 36.0 Å². The molecule has 0 radical (unpaired) electrons. The van der Waals surface area contributed by atoms with E-state index in [1.807, 2.05) is 6.07 Å². The van der Waals surface area contributed by atoms with E-state index in [0.717, 1.165) is 24.3 Å². The first kappa shape index (κ1) is 13.8. The first-order valence-electron chi connectivity index (χ1n) is 7.07. The summed E-state index contributed by atoms with van der Waals surface area (Å²) in [7, 11) is 0. The number of aromatic nitrogens is 1. The van der Waals surface area contributed by atoms with Gasteiger partial charge >= 0.3 is 0 Å². The Labute approximate surface area is 115 Å². The molecule has 0 spiro atoms. The number of rotatable bonds is 6. The fourth-order valence-corrected chi connectivity index (χ4v) is 2.40. The van der Waals surface area contributed by atoms with Crippen molar-refractivity contribution in [2.75, 3.05) is 24.5 Å². The van der Waals surface area contributed by atoms with Crippen LogP contribution in [0.5, 0.6) is 0 Å². The Balaban J connectivity index is 2.45. The van der Waals surface area contributed by atoms with Gasteiger partial charge in [0.05, 0.1) is 5.52 Å². The molecule has 0 saturated heterocycles. The van der Waals surface area contributed by atoms with Crippen molar-refractivity contribution in [1.29, 1.82) is 0 Å². The number of para-hydroxylation sites is 1. The van der Waals surface area contributed by atoms with Gasteiger partial charge in [0, 0.05) is 36.4 Å². The zero-order valence-corrected chi connectivity index (χ0v) is 11.9. The fourth-order valence-electron chi connectivity index (χ4n) is 2.40. The first-order valence-corrected chi connectivity index (χ1v) is 7.07. The average molecular weight is 257 g/mol. The van der Waals surface area contributed by atoms with Gasteiger partial charge in [0.2, 0.25) is 0 Å². The molecule has 0 fully saturated rings. The van der Waals surface area contributed by atoms with Gasteiger partial charge in [-0.05, 0) is 25.5 Å². The van der Waals surface area contributed by atoms with Crippen molar-refractivity contribution in [2.24, 2.45) is 5.73 Å². The van der Waals surface area contributed by atoms with Crippen LogP contribution in [0.4, 0.5) is 5.69 Å². The van der Waals surface area contributed by atoms with Gasteiger partial charge in [0.25, 0.3) is 0 Å². The Morgan fingerprint density at radius 3 is 2.74 bits per heavy atom. The van der Waals surface area contributed by atoms with Crippen molar-refractivity contribution in [1.82, 2.24) is 4.98 Å². The van der Waals surface area contributed by atoms with Gasteiger partial charge in [0.1, 0.15) is 0 Å². The molecule has 1 aromatic heterocycles. The Hall–Kier alpha value is -1.61. The average Bonchev–Trinajstić information content (AvgIpc) is 2.42. The maximum absolute atomic E-state index is 5.76. The summed E-state index contributed by atoms with van der Waals surface area (Å²) < 4.78 is 0. The van der Waals surface area contributed by atoms with E-state index in [4.69, 9.17) is 5.73 Å². The molecule has 0 aliphatic heterocycles. The summed E-state index contributed by atoms with van der Waals surface area (Å²) in [6, 6.07) is 10.5. The molecule has 0 aliphatic carbocycles. The minimum Gasteiger partial charge on any atom is -0.370 e. The maximum Gasteiger partial charge on any atom is 0.0726 e. The van der Waals surface area contributed by atoms with Crippen molar-refractivity contribution in [2.45, 2.75) is 26.7 Å². The second kappa shape index (κ2) is 6.53. The minimum absolute atomic E-state index is 0.680. The largest absolute Gasteiger partial charge is 0.370 e. The first-order chi connectivity index (χ1) is 9.26. The zero-order chi connectivity index (χ0) is 13.7. The smallest absolute Gasteiger partial charge is 0.0726 e. The lowest BCUT2D eigenvalue weighted by Crippen LogP contribution is -2.30. The summed E-state index contributed by atoms with van der Waals surface area (Å²) in [5.41, 5.74) is 9.16. The summed E-state index contributed by atoms with van der Waals surface area (Å²) >= 11 is 0. The van der Waals surface area contributed by atoms with Gasteiger partial charge in [-0.15, -0.1) is 0 Å². The van der Waals surface area contributed by atoms with Gasteiger partial charge in [-0.1, -0.05) is 31.5 Å². The van der Waals surface area contributed by atoms with E-state index in [0.29, 0.717) is 6.54 Å². The van der Waals surface area contributed by atoms with Gasteiger partial charge in [-0.3, -0.25) is 4.98 Å². The highest BCUT2D eigenvalue weighted by atomic mass is 15.1. The lowest BCUT2D eigenvalue weighted by Gasteiger charge is -2.25. The Kier molecular flexibility index (Phi) is 4.74. The number of pyridine rings is 1. The van der Waals surface area contributed by atoms with Crippen LogP contribution < -0.4 is 10.6 Å². The van der Waals surface area contributed by atoms with E-state index in [-0.39, 0.29) is 0 Å². The number of aryl methyl sites for hydroxylation is 1. The van der Waals surface area contributed by atoms with Crippen LogP contribution in [0.3, 0.4) is 0 Å². The quantitative estimate of drug-likeness (QED) is 0.864. The van der Waals surface area contributed by atoms with E-state index >= 15 is 0 Å². The van der Waals surface area contributed by atoms with Gasteiger partial charge in [-0.25, -0.2) is 0 Å². The zero-order valence-electron chi connectivity index (χ0n) is 11.9. The molecule has 19 heavy (non-hydrogen) atoms. The molecule has 3 heteroatoms. The number of hydrogen-bond acceptors (Lipinski definition) is 3. The lowest BCUT2D eigenvalue weighted by molar-refractivity contribution is 0.717. The number of unbranched alkanes of at least 4 members (excludes halogenated alkanes) is 1. The van der Waals surface area contributed by atoms with Crippen molar-refractivity contribution < 1.29 is 0 Å². The molecule has 0 saturated carbocycles. The number of nitrogens with zero attached hydrogens (tertiary/aromatic N) is 2. The normalized spacial score (nSPS) is 10.9. The molecule has 0 unspecified atom stereocenters. The second-order valence-electron chi connectivity index (χ2n) is 4.93. The SMILES string of the molecule is CCCCN(CCN)c1cc(C)nc2ccccc12. The number of nitrogens with two attached hydrogens (primary N) is 1. The third-order valence-electron chi connectivity index (χ3n) is 3.34. The third kappa shape index (κ3) is 3.24. The molecule has 0 aliphatic rings. The van der Waals surface area contributed by atoms with Crippen LogP contribution in [0.2, 0.25) is 0 Å². The lowest BCUT2D eigenvalue weighted by atomic mass is 10.1. The van der Waals surface area contributed by atoms with Crippen LogP contribution in [0, 0.1) is 6.92 Å². The van der Waals surface area contributed by atoms with Crippen LogP contribution in [0.25, 0.3) is 10.9 Å². The molecule has 1 heterocycles. The molecule has 3 nitrogen and oxygen atoms in total. The van der Waals surface area contributed by atoms with Crippen molar-refractivity contribution in [3.8, 4) is 0 Å². The van der Waals surface area contributed by atoms with Gasteiger partial charge in [0.15, 0.2) is 0 Å². The molecule has 2 aromatic rings. The standard InChI is InChI=1S/C16H23N3/c1-3-4-10-19(11-9-17)16-12-13(2)18-15-8-6-5-7-14(15)16/h5-8,12H,3-4,9-11,17H2,1-2H3. The topological polar surface area (TPSA) is 42.1 Å². The summed E-state index contributed by atoms with van der Waals surface area (Å²) in [6.07, 6.45) is 2.39. The number of fused-ring (bicyclic) bond motifs is 1. The summed E-state index contributed by atoms with van der Waals surface area (Å²) in [4.78, 5) is 6.99. The van der Waals surface area contributed by atoms with Crippen LogP contribution >= 0.6 is 0 Å². The highest BCUT2D eigenvalue weighted by Crippen LogP contribution is 2.26. The number of hydrogen-bond donors (Lipinski definition) is 1. The molecular formula is C16H23N3. The molecule has 1 aromatic carbocycles.